The van der Waals surface area contributed by atoms with Crippen LogP contribution in [0.15, 0.2) is 12.1 Å². The zero-order chi connectivity index (χ0) is 15.0. The van der Waals surface area contributed by atoms with Crippen molar-refractivity contribution < 1.29 is 19.7 Å². The van der Waals surface area contributed by atoms with Gasteiger partial charge in [-0.15, -0.1) is 0 Å². The molecule has 2 N–H and O–H groups in total. The maximum atomic E-state index is 11.9. The number of benzene rings is 1. The summed E-state index contributed by atoms with van der Waals surface area (Å²) in [5, 5.41) is 19.4. The minimum Gasteiger partial charge on any atom is -0.508 e. The Hall–Kier alpha value is -1.71. The summed E-state index contributed by atoms with van der Waals surface area (Å²) in [7, 11) is 0. The van der Waals surface area contributed by atoms with Crippen LogP contribution < -0.4 is 0 Å². The predicted octanol–water partition coefficient (Wildman–Crippen LogP) is 3.79. The molecule has 1 aromatic carbocycles. The van der Waals surface area contributed by atoms with E-state index in [1.807, 2.05) is 0 Å². The number of aryl methyl sites for hydroxylation is 1. The van der Waals surface area contributed by atoms with E-state index in [1.54, 1.807) is 6.92 Å². The third-order valence-corrected chi connectivity index (χ3v) is 3.21. The van der Waals surface area contributed by atoms with Crippen molar-refractivity contribution >= 4 is 5.97 Å². The first-order valence-electron chi connectivity index (χ1n) is 7.32. The van der Waals surface area contributed by atoms with Gasteiger partial charge in [0.05, 0.1) is 6.61 Å². The molecular weight excluding hydrogens is 256 g/mol. The van der Waals surface area contributed by atoms with Crippen LogP contribution in [0.5, 0.6) is 11.5 Å². The van der Waals surface area contributed by atoms with E-state index in [2.05, 4.69) is 6.92 Å². The van der Waals surface area contributed by atoms with Crippen LogP contribution in [-0.4, -0.2) is 22.8 Å². The lowest BCUT2D eigenvalue weighted by molar-refractivity contribution is 0.0521. The average Bonchev–Trinajstić information content (AvgIpc) is 2.38. The third-order valence-electron chi connectivity index (χ3n) is 3.21. The summed E-state index contributed by atoms with van der Waals surface area (Å²) >= 11 is 0. The van der Waals surface area contributed by atoms with Crippen molar-refractivity contribution in [2.75, 3.05) is 6.61 Å². The number of phenolic OH excluding ortho intramolecular Hbond substituents is 2. The molecule has 4 heteroatoms. The van der Waals surface area contributed by atoms with Gasteiger partial charge < -0.3 is 14.9 Å². The molecule has 0 aliphatic carbocycles. The van der Waals surface area contributed by atoms with Crippen molar-refractivity contribution in [3.63, 3.8) is 0 Å². The molecule has 0 amide bonds. The highest BCUT2D eigenvalue weighted by molar-refractivity contribution is 5.94. The topological polar surface area (TPSA) is 66.8 Å². The standard InChI is InChI=1S/C16H24O4/c1-3-5-6-7-8-9-12-10-13(17)11-14(18)15(12)16(19)20-4-2/h10-11,17-18H,3-9H2,1-2H3. The lowest BCUT2D eigenvalue weighted by Gasteiger charge is -2.11. The molecule has 0 unspecified atom stereocenters. The number of unbranched alkanes of at least 4 members (excludes halogenated alkanes) is 4. The van der Waals surface area contributed by atoms with Crippen molar-refractivity contribution in [2.45, 2.75) is 52.4 Å². The first-order valence-corrected chi connectivity index (χ1v) is 7.32. The van der Waals surface area contributed by atoms with Gasteiger partial charge in [0.15, 0.2) is 0 Å². The molecule has 0 atom stereocenters. The van der Waals surface area contributed by atoms with Crippen molar-refractivity contribution in [1.82, 2.24) is 0 Å². The zero-order valence-corrected chi connectivity index (χ0v) is 12.3. The molecule has 4 nitrogen and oxygen atoms in total. The fourth-order valence-corrected chi connectivity index (χ4v) is 2.22. The number of carbonyl (C=O) groups is 1. The number of esters is 1. The highest BCUT2D eigenvalue weighted by Gasteiger charge is 2.18. The van der Waals surface area contributed by atoms with Crippen molar-refractivity contribution in [3.8, 4) is 11.5 Å². The zero-order valence-electron chi connectivity index (χ0n) is 12.3. The largest absolute Gasteiger partial charge is 0.508 e. The Labute approximate surface area is 120 Å². The van der Waals surface area contributed by atoms with E-state index in [0.29, 0.717) is 12.0 Å². The second-order valence-corrected chi connectivity index (χ2v) is 4.88. The molecule has 0 spiro atoms. The van der Waals surface area contributed by atoms with Gasteiger partial charge in [0.25, 0.3) is 0 Å². The van der Waals surface area contributed by atoms with E-state index >= 15 is 0 Å². The van der Waals surface area contributed by atoms with Gasteiger partial charge in [-0.1, -0.05) is 32.6 Å². The van der Waals surface area contributed by atoms with Gasteiger partial charge in [0, 0.05) is 6.07 Å². The molecule has 0 bridgehead atoms. The van der Waals surface area contributed by atoms with Crippen LogP contribution in [0.25, 0.3) is 0 Å². The summed E-state index contributed by atoms with van der Waals surface area (Å²) in [5.74, 6) is -0.778. The molecule has 1 aromatic rings. The monoisotopic (exact) mass is 280 g/mol. The molecule has 112 valence electrons. The molecule has 0 radical (unpaired) electrons. The molecule has 1 rings (SSSR count). The number of carbonyl (C=O) groups excluding carboxylic acids is 1. The molecule has 0 aliphatic rings. The quantitative estimate of drug-likeness (QED) is 0.561. The molecule has 0 aliphatic heterocycles. The van der Waals surface area contributed by atoms with Gasteiger partial charge >= 0.3 is 5.97 Å². The number of ether oxygens (including phenoxy) is 1. The first-order chi connectivity index (χ1) is 9.60. The first kappa shape index (κ1) is 16.3. The summed E-state index contributed by atoms with van der Waals surface area (Å²) in [5.41, 5.74) is 0.831. The second kappa shape index (κ2) is 8.46. The van der Waals surface area contributed by atoms with Crippen LogP contribution in [-0.2, 0) is 11.2 Å². The summed E-state index contributed by atoms with van der Waals surface area (Å²) in [4.78, 5) is 11.9. The van der Waals surface area contributed by atoms with Crippen LogP contribution in [0.2, 0.25) is 0 Å². The Morgan fingerprint density at radius 3 is 2.45 bits per heavy atom. The smallest absolute Gasteiger partial charge is 0.342 e. The lowest BCUT2D eigenvalue weighted by Crippen LogP contribution is -2.08. The summed E-state index contributed by atoms with van der Waals surface area (Å²) in [6.07, 6.45) is 6.20. The summed E-state index contributed by atoms with van der Waals surface area (Å²) in [6.45, 7) is 4.14. The van der Waals surface area contributed by atoms with Crippen molar-refractivity contribution in [2.24, 2.45) is 0 Å². The van der Waals surface area contributed by atoms with Crippen LogP contribution >= 0.6 is 0 Å². The van der Waals surface area contributed by atoms with Gasteiger partial charge in [-0.3, -0.25) is 0 Å². The minimum atomic E-state index is -0.534. The second-order valence-electron chi connectivity index (χ2n) is 4.88. The summed E-state index contributed by atoms with van der Waals surface area (Å²) in [6, 6.07) is 2.71. The minimum absolute atomic E-state index is 0.0286. The predicted molar refractivity (Wildman–Crippen MR) is 78.2 cm³/mol. The number of rotatable bonds is 8. The Bertz CT molecular complexity index is 440. The van der Waals surface area contributed by atoms with Crippen LogP contribution in [0.4, 0.5) is 0 Å². The van der Waals surface area contributed by atoms with Crippen LogP contribution in [0.3, 0.4) is 0 Å². The van der Waals surface area contributed by atoms with Crippen molar-refractivity contribution in [3.05, 3.63) is 23.3 Å². The van der Waals surface area contributed by atoms with Gasteiger partial charge in [0.1, 0.15) is 17.1 Å². The Morgan fingerprint density at radius 2 is 1.80 bits per heavy atom. The molecule has 0 heterocycles. The highest BCUT2D eigenvalue weighted by Crippen LogP contribution is 2.29. The van der Waals surface area contributed by atoms with E-state index < -0.39 is 5.97 Å². The highest BCUT2D eigenvalue weighted by atomic mass is 16.5. The van der Waals surface area contributed by atoms with E-state index in [1.165, 1.54) is 25.0 Å². The van der Waals surface area contributed by atoms with Gasteiger partial charge in [-0.05, 0) is 31.4 Å². The molecule has 0 saturated heterocycles. The van der Waals surface area contributed by atoms with E-state index in [-0.39, 0.29) is 23.7 Å². The maximum absolute atomic E-state index is 11.9. The molecule has 0 aromatic heterocycles. The van der Waals surface area contributed by atoms with Crippen LogP contribution in [0.1, 0.15) is 61.9 Å². The van der Waals surface area contributed by atoms with Gasteiger partial charge in [0.2, 0.25) is 0 Å². The summed E-state index contributed by atoms with van der Waals surface area (Å²) < 4.78 is 4.95. The third kappa shape index (κ3) is 4.76. The number of phenols is 2. The maximum Gasteiger partial charge on any atom is 0.342 e. The van der Waals surface area contributed by atoms with E-state index in [0.717, 1.165) is 19.3 Å². The molecule has 0 saturated carbocycles. The Morgan fingerprint density at radius 1 is 1.10 bits per heavy atom. The number of aromatic hydroxyl groups is 2. The van der Waals surface area contributed by atoms with E-state index in [9.17, 15) is 15.0 Å². The van der Waals surface area contributed by atoms with Crippen LogP contribution in [0, 0.1) is 0 Å². The normalized spacial score (nSPS) is 10.5. The average molecular weight is 280 g/mol. The van der Waals surface area contributed by atoms with E-state index in [4.69, 9.17) is 4.74 Å². The fourth-order valence-electron chi connectivity index (χ4n) is 2.22. The molecular formula is C16H24O4. The van der Waals surface area contributed by atoms with Gasteiger partial charge in [-0.25, -0.2) is 4.79 Å². The van der Waals surface area contributed by atoms with Gasteiger partial charge in [-0.2, -0.15) is 0 Å². The fraction of sp³-hybridized carbons (Fsp3) is 0.562. The van der Waals surface area contributed by atoms with Crippen molar-refractivity contribution in [1.29, 1.82) is 0 Å². The molecule has 20 heavy (non-hydrogen) atoms. The molecule has 0 fully saturated rings. The SMILES string of the molecule is CCCCCCCc1cc(O)cc(O)c1C(=O)OCC. The Kier molecular flexibility index (Phi) is 6.91. The lowest BCUT2D eigenvalue weighted by atomic mass is 9.99. The number of hydrogen-bond acceptors (Lipinski definition) is 4. The Balaban J connectivity index is 2.79. The number of hydrogen-bond donors (Lipinski definition) is 2.